The Bertz CT molecular complexity index is 793. The number of aromatic nitrogens is 1. The summed E-state index contributed by atoms with van der Waals surface area (Å²) in [4.78, 5) is 23.1. The molecule has 0 unspecified atom stereocenters. The second kappa shape index (κ2) is 5.31. The molecule has 0 saturated heterocycles. The Kier molecular flexibility index (Phi) is 3.88. The molecule has 2 aromatic rings. The number of rotatable bonds is 3. The number of aromatic carboxylic acids is 1. The van der Waals surface area contributed by atoms with Gasteiger partial charge >= 0.3 is 5.97 Å². The molecule has 20 heavy (non-hydrogen) atoms. The predicted octanol–water partition coefficient (Wildman–Crippen LogP) is 3.58. The fraction of sp³-hybridized carbons (Fsp3) is 0.143. The molecule has 6 heteroatoms. The zero-order chi connectivity index (χ0) is 15.0. The first kappa shape index (κ1) is 14.6. The van der Waals surface area contributed by atoms with E-state index in [0.717, 1.165) is 5.57 Å². The summed E-state index contributed by atoms with van der Waals surface area (Å²) in [6.45, 7) is 5.88. The normalized spacial score (nSPS) is 10.8. The van der Waals surface area contributed by atoms with Crippen LogP contribution in [0.3, 0.4) is 0 Å². The molecule has 1 heterocycles. The van der Waals surface area contributed by atoms with Crippen molar-refractivity contribution in [1.82, 2.24) is 4.57 Å². The Morgan fingerprint density at radius 1 is 1.40 bits per heavy atom. The Hall–Kier alpha value is -1.78. The maximum absolute atomic E-state index is 11.9. The Balaban J connectivity index is 2.90. The van der Waals surface area contributed by atoms with Crippen molar-refractivity contribution in [3.63, 3.8) is 0 Å². The predicted molar refractivity (Wildman–Crippen MR) is 80.0 cm³/mol. The third-order valence-corrected chi connectivity index (χ3v) is 3.52. The summed E-state index contributed by atoms with van der Waals surface area (Å²) >= 11 is 12.1. The van der Waals surface area contributed by atoms with Gasteiger partial charge in [0.05, 0.1) is 21.1 Å². The van der Waals surface area contributed by atoms with Crippen molar-refractivity contribution in [2.75, 3.05) is 0 Å². The molecule has 0 aliphatic rings. The number of carboxylic acids is 1. The van der Waals surface area contributed by atoms with E-state index in [4.69, 9.17) is 28.3 Å². The molecule has 4 nitrogen and oxygen atoms in total. The summed E-state index contributed by atoms with van der Waals surface area (Å²) in [5, 5.41) is 9.61. The van der Waals surface area contributed by atoms with E-state index in [9.17, 15) is 9.59 Å². The number of fused-ring (bicyclic) bond motifs is 1. The number of nitrogens with zero attached hydrogens (tertiary/aromatic N) is 1. The smallest absolute Gasteiger partial charge is 0.338 e. The summed E-state index contributed by atoms with van der Waals surface area (Å²) in [5.74, 6) is -1.21. The van der Waals surface area contributed by atoms with Crippen LogP contribution in [0.5, 0.6) is 0 Å². The average Bonchev–Trinajstić information content (AvgIpc) is 2.32. The van der Waals surface area contributed by atoms with Gasteiger partial charge in [0.1, 0.15) is 0 Å². The van der Waals surface area contributed by atoms with E-state index in [-0.39, 0.29) is 21.2 Å². The molecule has 0 bridgehead atoms. The number of carbonyl (C=O) groups is 1. The molecule has 1 aromatic carbocycles. The second-order valence-electron chi connectivity index (χ2n) is 4.50. The minimum atomic E-state index is -1.21. The van der Waals surface area contributed by atoms with Crippen LogP contribution in [-0.4, -0.2) is 15.6 Å². The van der Waals surface area contributed by atoms with E-state index < -0.39 is 5.97 Å². The summed E-state index contributed by atoms with van der Waals surface area (Å²) in [5.41, 5.74) is 0.881. The first-order valence-electron chi connectivity index (χ1n) is 5.72. The molecule has 0 atom stereocenters. The van der Waals surface area contributed by atoms with E-state index in [1.165, 1.54) is 22.8 Å². The highest BCUT2D eigenvalue weighted by molar-refractivity contribution is 6.42. The number of hydrogen-bond donors (Lipinski definition) is 1. The van der Waals surface area contributed by atoms with Gasteiger partial charge in [-0.3, -0.25) is 4.79 Å². The van der Waals surface area contributed by atoms with Crippen LogP contribution in [0, 0.1) is 0 Å². The minimum absolute atomic E-state index is 0.00364. The fourth-order valence-electron chi connectivity index (χ4n) is 2.00. The molecule has 0 aliphatic carbocycles. The van der Waals surface area contributed by atoms with Crippen LogP contribution < -0.4 is 5.56 Å². The van der Waals surface area contributed by atoms with Gasteiger partial charge in [0.15, 0.2) is 0 Å². The van der Waals surface area contributed by atoms with Gasteiger partial charge in [-0.05, 0) is 19.1 Å². The maximum Gasteiger partial charge on any atom is 0.338 e. The number of halogens is 2. The first-order chi connectivity index (χ1) is 9.32. The Labute approximate surface area is 124 Å². The van der Waals surface area contributed by atoms with Gasteiger partial charge < -0.3 is 9.67 Å². The molecule has 0 spiro atoms. The molecular formula is C14H11Cl2NO3. The van der Waals surface area contributed by atoms with Crippen LogP contribution in [0.2, 0.25) is 10.0 Å². The third-order valence-electron chi connectivity index (χ3n) is 2.83. The van der Waals surface area contributed by atoms with Crippen molar-refractivity contribution in [2.24, 2.45) is 0 Å². The molecule has 2 rings (SSSR count). The summed E-state index contributed by atoms with van der Waals surface area (Å²) in [6, 6.07) is 4.28. The van der Waals surface area contributed by atoms with Gasteiger partial charge in [-0.1, -0.05) is 35.4 Å². The summed E-state index contributed by atoms with van der Waals surface area (Å²) < 4.78 is 1.46. The monoisotopic (exact) mass is 311 g/mol. The van der Waals surface area contributed by atoms with Gasteiger partial charge in [0, 0.05) is 18.0 Å². The molecule has 0 radical (unpaired) electrons. The number of carboxylic acid groups (broad SMARTS) is 1. The van der Waals surface area contributed by atoms with Crippen molar-refractivity contribution >= 4 is 40.1 Å². The van der Waals surface area contributed by atoms with Crippen LogP contribution >= 0.6 is 23.2 Å². The van der Waals surface area contributed by atoms with Crippen molar-refractivity contribution in [3.05, 3.63) is 56.3 Å². The molecule has 0 aliphatic heterocycles. The van der Waals surface area contributed by atoms with E-state index in [0.29, 0.717) is 17.4 Å². The maximum atomic E-state index is 11.9. The highest BCUT2D eigenvalue weighted by atomic mass is 35.5. The molecule has 104 valence electrons. The van der Waals surface area contributed by atoms with Crippen molar-refractivity contribution in [1.29, 1.82) is 0 Å². The van der Waals surface area contributed by atoms with Gasteiger partial charge in [-0.25, -0.2) is 4.79 Å². The van der Waals surface area contributed by atoms with Crippen LogP contribution in [0.15, 0.2) is 35.1 Å². The molecule has 0 fully saturated rings. The van der Waals surface area contributed by atoms with Crippen LogP contribution in [-0.2, 0) is 6.54 Å². The first-order valence-corrected chi connectivity index (χ1v) is 6.47. The highest BCUT2D eigenvalue weighted by Gasteiger charge is 2.18. The average molecular weight is 312 g/mol. The van der Waals surface area contributed by atoms with Crippen molar-refractivity contribution in [3.8, 4) is 0 Å². The quantitative estimate of drug-likeness (QED) is 0.881. The van der Waals surface area contributed by atoms with Crippen molar-refractivity contribution in [2.45, 2.75) is 13.5 Å². The Morgan fingerprint density at radius 2 is 2.05 bits per heavy atom. The number of benzene rings is 1. The molecule has 1 N–H and O–H groups in total. The number of allylic oxidation sites excluding steroid dienone is 1. The summed E-state index contributed by atoms with van der Waals surface area (Å²) in [7, 11) is 0. The fourth-order valence-corrected chi connectivity index (χ4v) is 2.67. The van der Waals surface area contributed by atoms with Crippen LogP contribution in [0.1, 0.15) is 17.3 Å². The zero-order valence-corrected chi connectivity index (χ0v) is 12.1. The lowest BCUT2D eigenvalue weighted by Gasteiger charge is -2.13. The molecule has 0 amide bonds. The second-order valence-corrected chi connectivity index (χ2v) is 5.29. The number of pyridine rings is 1. The molecule has 1 aromatic heterocycles. The van der Waals surface area contributed by atoms with E-state index in [2.05, 4.69) is 6.58 Å². The van der Waals surface area contributed by atoms with Gasteiger partial charge in [-0.2, -0.15) is 0 Å². The van der Waals surface area contributed by atoms with E-state index >= 15 is 0 Å². The van der Waals surface area contributed by atoms with E-state index in [1.807, 2.05) is 0 Å². The largest absolute Gasteiger partial charge is 0.478 e. The summed E-state index contributed by atoms with van der Waals surface area (Å²) in [6.07, 6.45) is 0. The SMILES string of the molecule is C=C(C)Cn1c(=O)ccc2c(Cl)c(C(=O)O)c(Cl)cc21. The lowest BCUT2D eigenvalue weighted by atomic mass is 10.1. The van der Waals surface area contributed by atoms with Gasteiger partial charge in [-0.15, -0.1) is 0 Å². The van der Waals surface area contributed by atoms with Gasteiger partial charge in [0.2, 0.25) is 0 Å². The zero-order valence-electron chi connectivity index (χ0n) is 10.6. The molecule has 0 saturated carbocycles. The van der Waals surface area contributed by atoms with Crippen LogP contribution in [0.25, 0.3) is 10.9 Å². The number of hydrogen-bond acceptors (Lipinski definition) is 2. The molecular weight excluding hydrogens is 301 g/mol. The Morgan fingerprint density at radius 3 is 2.60 bits per heavy atom. The lowest BCUT2D eigenvalue weighted by molar-refractivity contribution is 0.0697. The minimum Gasteiger partial charge on any atom is -0.478 e. The van der Waals surface area contributed by atoms with Crippen LogP contribution in [0.4, 0.5) is 0 Å². The van der Waals surface area contributed by atoms with Gasteiger partial charge in [0.25, 0.3) is 5.56 Å². The van der Waals surface area contributed by atoms with Crippen molar-refractivity contribution < 1.29 is 9.90 Å². The lowest BCUT2D eigenvalue weighted by Crippen LogP contribution is -2.20. The standard InChI is InChI=1S/C14H11Cl2NO3/c1-7(2)6-17-10-5-9(15)12(14(19)20)13(16)8(10)3-4-11(17)18/h3-5H,1,6H2,2H3,(H,19,20). The third kappa shape index (κ3) is 2.44. The topological polar surface area (TPSA) is 59.3 Å². The highest BCUT2D eigenvalue weighted by Crippen LogP contribution is 2.32. The van der Waals surface area contributed by atoms with E-state index in [1.54, 1.807) is 6.92 Å².